The van der Waals surface area contributed by atoms with E-state index in [1.54, 1.807) is 0 Å². The Morgan fingerprint density at radius 1 is 1.20 bits per heavy atom. The summed E-state index contributed by atoms with van der Waals surface area (Å²) in [5, 5.41) is 2.29. The third-order valence-electron chi connectivity index (χ3n) is 2.31. The average Bonchev–Trinajstić information content (AvgIpc) is 2.18. The second-order valence-corrected chi connectivity index (χ2v) is 3.41. The molecule has 0 aromatic heterocycles. The van der Waals surface area contributed by atoms with E-state index in [-0.39, 0.29) is 6.42 Å². The van der Waals surface area contributed by atoms with Gasteiger partial charge in [-0.2, -0.15) is 13.2 Å². The zero-order valence-electron chi connectivity index (χ0n) is 8.51. The highest BCUT2D eigenvalue weighted by Crippen LogP contribution is 2.23. The number of alkyl halides is 3. The van der Waals surface area contributed by atoms with E-state index in [1.807, 2.05) is 30.3 Å². The molecule has 4 heteroatoms. The van der Waals surface area contributed by atoms with Gasteiger partial charge in [-0.25, -0.2) is 0 Å². The molecule has 0 radical (unpaired) electrons. The second kappa shape index (κ2) is 5.16. The first-order valence-corrected chi connectivity index (χ1v) is 4.82. The monoisotopic (exact) mass is 217 g/mol. The highest BCUT2D eigenvalue weighted by Gasteiger charge is 2.37. The zero-order valence-corrected chi connectivity index (χ0v) is 8.51. The van der Waals surface area contributed by atoms with Crippen molar-refractivity contribution in [3.8, 4) is 0 Å². The summed E-state index contributed by atoms with van der Waals surface area (Å²) >= 11 is 0. The van der Waals surface area contributed by atoms with Gasteiger partial charge in [0, 0.05) is 0 Å². The lowest BCUT2D eigenvalue weighted by Crippen LogP contribution is -2.40. The molecule has 0 heterocycles. The van der Waals surface area contributed by atoms with Crippen molar-refractivity contribution in [3.63, 3.8) is 0 Å². The Balaban J connectivity index is 2.49. The van der Waals surface area contributed by atoms with Crippen LogP contribution in [0.15, 0.2) is 30.3 Å². The minimum absolute atomic E-state index is 0.0734. The summed E-state index contributed by atoms with van der Waals surface area (Å²) < 4.78 is 37.1. The molecule has 0 aliphatic rings. The molecule has 1 rings (SSSR count). The van der Waals surface area contributed by atoms with E-state index in [0.29, 0.717) is 6.42 Å². The molecule has 1 N–H and O–H groups in total. The lowest BCUT2D eigenvalue weighted by Gasteiger charge is -2.19. The second-order valence-electron chi connectivity index (χ2n) is 3.41. The lowest BCUT2D eigenvalue weighted by molar-refractivity contribution is -0.155. The summed E-state index contributed by atoms with van der Waals surface area (Å²) in [6, 6.07) is 7.77. The van der Waals surface area contributed by atoms with E-state index in [1.165, 1.54) is 7.05 Å². The number of halogens is 3. The molecule has 0 aliphatic carbocycles. The molecule has 0 saturated carbocycles. The quantitative estimate of drug-likeness (QED) is 0.817. The van der Waals surface area contributed by atoms with Crippen LogP contribution in [0.1, 0.15) is 12.0 Å². The Labute approximate surface area is 87.3 Å². The van der Waals surface area contributed by atoms with E-state index in [2.05, 4.69) is 5.32 Å². The largest absolute Gasteiger partial charge is 0.403 e. The van der Waals surface area contributed by atoms with Crippen molar-refractivity contribution >= 4 is 0 Å². The number of hydrogen-bond acceptors (Lipinski definition) is 1. The van der Waals surface area contributed by atoms with Crippen molar-refractivity contribution in [1.82, 2.24) is 5.32 Å². The molecule has 1 atom stereocenters. The summed E-state index contributed by atoms with van der Waals surface area (Å²) in [4.78, 5) is 0. The number of aryl methyl sites for hydroxylation is 1. The number of rotatable bonds is 4. The zero-order chi connectivity index (χ0) is 11.3. The van der Waals surface area contributed by atoms with Gasteiger partial charge in [-0.05, 0) is 25.5 Å². The molecule has 0 unspecified atom stereocenters. The molecule has 1 aromatic rings. The standard InChI is InChI=1S/C11H14F3N/c1-15-10(11(12,13)14)8-7-9-5-3-2-4-6-9/h2-6,10,15H,7-8H2,1H3/t10-/m0/s1. The van der Waals surface area contributed by atoms with Crippen LogP contribution in [0, 0.1) is 0 Å². The van der Waals surface area contributed by atoms with Gasteiger partial charge in [-0.1, -0.05) is 30.3 Å². The maximum Gasteiger partial charge on any atom is 0.403 e. The average molecular weight is 217 g/mol. The summed E-state index contributed by atoms with van der Waals surface area (Å²) in [6.07, 6.45) is -3.65. The van der Waals surface area contributed by atoms with Crippen molar-refractivity contribution in [2.45, 2.75) is 25.1 Å². The first-order chi connectivity index (χ1) is 7.04. The van der Waals surface area contributed by atoms with E-state index >= 15 is 0 Å². The fourth-order valence-corrected chi connectivity index (χ4v) is 1.43. The minimum atomic E-state index is -4.16. The third kappa shape index (κ3) is 3.91. The molecule has 15 heavy (non-hydrogen) atoms. The predicted molar refractivity (Wildman–Crippen MR) is 53.7 cm³/mol. The minimum Gasteiger partial charge on any atom is -0.309 e. The SMILES string of the molecule is CN[C@@H](CCc1ccccc1)C(F)(F)F. The molecule has 0 saturated heterocycles. The van der Waals surface area contributed by atoms with Gasteiger partial charge in [-0.15, -0.1) is 0 Å². The normalized spacial score (nSPS) is 13.9. The van der Waals surface area contributed by atoms with Gasteiger partial charge < -0.3 is 5.32 Å². The maximum atomic E-state index is 12.4. The van der Waals surface area contributed by atoms with Crippen LogP contribution in [0.25, 0.3) is 0 Å². The van der Waals surface area contributed by atoms with E-state index in [4.69, 9.17) is 0 Å². The van der Waals surface area contributed by atoms with Gasteiger partial charge in [-0.3, -0.25) is 0 Å². The van der Waals surface area contributed by atoms with Crippen LogP contribution in [-0.2, 0) is 6.42 Å². The molecule has 84 valence electrons. The Morgan fingerprint density at radius 2 is 1.80 bits per heavy atom. The molecule has 0 fully saturated rings. The van der Waals surface area contributed by atoms with Crippen LogP contribution in [0.3, 0.4) is 0 Å². The molecule has 0 bridgehead atoms. The molecule has 1 aromatic carbocycles. The van der Waals surface area contributed by atoms with Crippen molar-refractivity contribution in [3.05, 3.63) is 35.9 Å². The van der Waals surface area contributed by atoms with Crippen molar-refractivity contribution < 1.29 is 13.2 Å². The van der Waals surface area contributed by atoms with E-state index in [9.17, 15) is 13.2 Å². The van der Waals surface area contributed by atoms with Crippen LogP contribution in [-0.4, -0.2) is 19.3 Å². The van der Waals surface area contributed by atoms with Gasteiger partial charge in [0.15, 0.2) is 0 Å². The van der Waals surface area contributed by atoms with Crippen LogP contribution < -0.4 is 5.32 Å². The summed E-state index contributed by atoms with van der Waals surface area (Å²) in [5.74, 6) is 0. The van der Waals surface area contributed by atoms with Gasteiger partial charge in [0.1, 0.15) is 6.04 Å². The van der Waals surface area contributed by atoms with E-state index < -0.39 is 12.2 Å². The number of benzene rings is 1. The lowest BCUT2D eigenvalue weighted by atomic mass is 10.1. The molecule has 1 nitrogen and oxygen atoms in total. The summed E-state index contributed by atoms with van der Waals surface area (Å²) in [6.45, 7) is 0. The van der Waals surface area contributed by atoms with Gasteiger partial charge >= 0.3 is 6.18 Å². The predicted octanol–water partition coefficient (Wildman–Crippen LogP) is 2.77. The van der Waals surface area contributed by atoms with Crippen LogP contribution in [0.2, 0.25) is 0 Å². The van der Waals surface area contributed by atoms with Crippen LogP contribution >= 0.6 is 0 Å². The molecule has 0 aliphatic heterocycles. The first-order valence-electron chi connectivity index (χ1n) is 4.82. The van der Waals surface area contributed by atoms with Crippen LogP contribution in [0.4, 0.5) is 13.2 Å². The van der Waals surface area contributed by atoms with Gasteiger partial charge in [0.05, 0.1) is 0 Å². The van der Waals surface area contributed by atoms with Crippen molar-refractivity contribution in [2.75, 3.05) is 7.05 Å². The highest BCUT2D eigenvalue weighted by molar-refractivity contribution is 5.14. The first kappa shape index (κ1) is 12.0. The van der Waals surface area contributed by atoms with E-state index in [0.717, 1.165) is 5.56 Å². The highest BCUT2D eigenvalue weighted by atomic mass is 19.4. The third-order valence-corrected chi connectivity index (χ3v) is 2.31. The summed E-state index contributed by atoms with van der Waals surface area (Å²) in [5.41, 5.74) is 0.932. The Morgan fingerprint density at radius 3 is 2.27 bits per heavy atom. The molecule has 0 amide bonds. The number of hydrogen-bond donors (Lipinski definition) is 1. The van der Waals surface area contributed by atoms with Crippen LogP contribution in [0.5, 0.6) is 0 Å². The fraction of sp³-hybridized carbons (Fsp3) is 0.455. The molecular formula is C11H14F3N. The summed E-state index contributed by atoms with van der Waals surface area (Å²) in [7, 11) is 1.34. The van der Waals surface area contributed by atoms with Gasteiger partial charge in [0.25, 0.3) is 0 Å². The Bertz CT molecular complexity index is 282. The van der Waals surface area contributed by atoms with Crippen molar-refractivity contribution in [1.29, 1.82) is 0 Å². The molecule has 0 spiro atoms. The molecular weight excluding hydrogens is 203 g/mol. The number of nitrogens with one attached hydrogen (secondary N) is 1. The fourth-order valence-electron chi connectivity index (χ4n) is 1.43. The van der Waals surface area contributed by atoms with Crippen molar-refractivity contribution in [2.24, 2.45) is 0 Å². The topological polar surface area (TPSA) is 12.0 Å². The smallest absolute Gasteiger partial charge is 0.309 e. The Kier molecular flexibility index (Phi) is 4.15. The van der Waals surface area contributed by atoms with Gasteiger partial charge in [0.2, 0.25) is 0 Å². The Hall–Kier alpha value is -1.03. The maximum absolute atomic E-state index is 12.4.